The van der Waals surface area contributed by atoms with Crippen LogP contribution in [0.15, 0.2) is 29.2 Å². The van der Waals surface area contributed by atoms with E-state index in [2.05, 4.69) is 0 Å². The van der Waals surface area contributed by atoms with E-state index in [1.807, 2.05) is 0 Å². The third-order valence-corrected chi connectivity index (χ3v) is 5.17. The summed E-state index contributed by atoms with van der Waals surface area (Å²) in [5.41, 5.74) is 0.502. The van der Waals surface area contributed by atoms with Crippen LogP contribution in [0.1, 0.15) is 26.3 Å². The molecule has 2 unspecified atom stereocenters. The molecule has 1 heterocycles. The molecule has 1 saturated heterocycles. The first-order chi connectivity index (χ1) is 12.6. The van der Waals surface area contributed by atoms with Crippen molar-refractivity contribution in [1.29, 1.82) is 0 Å². The Morgan fingerprint density at radius 1 is 1.19 bits per heavy atom. The number of hydrogen-bond acceptors (Lipinski definition) is 6. The summed E-state index contributed by atoms with van der Waals surface area (Å²) < 4.78 is 5.60. The highest BCUT2D eigenvalue weighted by Crippen LogP contribution is 2.36. The van der Waals surface area contributed by atoms with Crippen molar-refractivity contribution in [1.82, 2.24) is 4.90 Å². The maximum atomic E-state index is 12.8. The lowest BCUT2D eigenvalue weighted by molar-refractivity contribution is -0.146. The third kappa shape index (κ3) is 4.67. The molecular weight excluding hydrogens is 390 g/mol. The molecule has 2 atom stereocenters. The number of rotatable bonds is 7. The van der Waals surface area contributed by atoms with Gasteiger partial charge in [-0.2, -0.15) is 0 Å². The number of benzene rings is 1. The van der Waals surface area contributed by atoms with Crippen LogP contribution in [0.2, 0.25) is 0 Å². The molecule has 2 rings (SSSR count). The van der Waals surface area contributed by atoms with Gasteiger partial charge in [-0.15, -0.1) is 0 Å². The third-order valence-electron chi connectivity index (χ3n) is 3.84. The van der Waals surface area contributed by atoms with E-state index in [1.54, 1.807) is 38.1 Å². The molecule has 1 aromatic rings. The highest BCUT2D eigenvalue weighted by Gasteiger charge is 2.42. The predicted octanol–water partition coefficient (Wildman–Crippen LogP) is 2.85. The van der Waals surface area contributed by atoms with Crippen LogP contribution >= 0.6 is 24.0 Å². The Balaban J connectivity index is 2.36. The van der Waals surface area contributed by atoms with E-state index >= 15 is 0 Å². The molecule has 0 aromatic heterocycles. The first-order valence-electron chi connectivity index (χ1n) is 8.11. The summed E-state index contributed by atoms with van der Waals surface area (Å²) in [7, 11) is 0. The number of carbonyl (C=O) groups is 3. The van der Waals surface area contributed by atoms with Crippen LogP contribution in [0.5, 0.6) is 5.75 Å². The van der Waals surface area contributed by atoms with E-state index in [4.69, 9.17) is 22.1 Å². The maximum absolute atomic E-state index is 12.8. The second-order valence-electron chi connectivity index (χ2n) is 6.21. The number of para-hydroxylation sites is 1. The van der Waals surface area contributed by atoms with Crippen LogP contribution in [0.4, 0.5) is 0 Å². The topological polar surface area (TPSA) is 104 Å². The van der Waals surface area contributed by atoms with E-state index in [0.717, 1.165) is 16.7 Å². The first-order valence-corrected chi connectivity index (χ1v) is 9.34. The van der Waals surface area contributed by atoms with Gasteiger partial charge in [-0.1, -0.05) is 56.0 Å². The molecule has 0 saturated carbocycles. The molecule has 9 heteroatoms. The summed E-state index contributed by atoms with van der Waals surface area (Å²) in [4.78, 5) is 36.7. The lowest BCUT2D eigenvalue weighted by Gasteiger charge is -2.26. The van der Waals surface area contributed by atoms with Gasteiger partial charge >= 0.3 is 11.9 Å². The Hall–Kier alpha value is -2.39. The van der Waals surface area contributed by atoms with Crippen LogP contribution in [0.3, 0.4) is 0 Å². The number of aliphatic carboxylic acids is 2. The number of ether oxygens (including phenoxy) is 1. The van der Waals surface area contributed by atoms with Gasteiger partial charge in [-0.05, 0) is 25.0 Å². The molecule has 144 valence electrons. The quantitative estimate of drug-likeness (QED) is 0.523. The molecule has 1 aromatic carbocycles. The fraction of sp³-hybridized carbons (Fsp3) is 0.333. The van der Waals surface area contributed by atoms with Gasteiger partial charge in [-0.25, -0.2) is 9.59 Å². The molecule has 7 nitrogen and oxygen atoms in total. The van der Waals surface area contributed by atoms with Gasteiger partial charge in [0.1, 0.15) is 16.1 Å². The van der Waals surface area contributed by atoms with Gasteiger partial charge < -0.3 is 14.9 Å². The van der Waals surface area contributed by atoms with Crippen molar-refractivity contribution in [3.05, 3.63) is 34.7 Å². The summed E-state index contributed by atoms with van der Waals surface area (Å²) in [5.74, 6) is -2.75. The summed E-state index contributed by atoms with van der Waals surface area (Å²) >= 11 is 6.22. The monoisotopic (exact) mass is 409 g/mol. The predicted molar refractivity (Wildman–Crippen MR) is 105 cm³/mol. The number of thiocarbonyl (C=S) groups is 1. The van der Waals surface area contributed by atoms with Crippen LogP contribution in [0, 0.1) is 5.92 Å². The van der Waals surface area contributed by atoms with Gasteiger partial charge in [0.25, 0.3) is 5.91 Å². The molecule has 0 bridgehead atoms. The van der Waals surface area contributed by atoms with Crippen molar-refractivity contribution in [2.24, 2.45) is 5.92 Å². The first kappa shape index (κ1) is 20.9. The second kappa shape index (κ2) is 8.53. The largest absolute Gasteiger partial charge is 0.480 e. The van der Waals surface area contributed by atoms with Gasteiger partial charge in [0, 0.05) is 5.56 Å². The number of amides is 1. The lowest BCUT2D eigenvalue weighted by Crippen LogP contribution is -2.47. The Kier molecular flexibility index (Phi) is 6.61. The molecule has 0 aliphatic carbocycles. The highest BCUT2D eigenvalue weighted by atomic mass is 32.2. The van der Waals surface area contributed by atoms with E-state index in [-0.39, 0.29) is 15.1 Å². The average molecular weight is 409 g/mol. The van der Waals surface area contributed by atoms with Gasteiger partial charge in [-0.3, -0.25) is 9.69 Å². The summed E-state index contributed by atoms with van der Waals surface area (Å²) in [6, 6.07) is 5.63. The van der Waals surface area contributed by atoms with Crippen molar-refractivity contribution in [3.8, 4) is 5.75 Å². The van der Waals surface area contributed by atoms with E-state index in [9.17, 15) is 19.5 Å². The molecular formula is C18H19NO6S2. The number of thioether (sulfide) groups is 1. The fourth-order valence-corrected chi connectivity index (χ4v) is 3.82. The minimum absolute atomic E-state index is 0.171. The zero-order valence-electron chi connectivity index (χ0n) is 14.9. The summed E-state index contributed by atoms with van der Waals surface area (Å²) in [6.07, 6.45) is 0.467. The lowest BCUT2D eigenvalue weighted by atomic mass is 10.0. The molecule has 1 aliphatic rings. The maximum Gasteiger partial charge on any atom is 0.344 e. The Morgan fingerprint density at radius 2 is 1.81 bits per heavy atom. The zero-order valence-corrected chi connectivity index (χ0v) is 16.5. The second-order valence-corrected chi connectivity index (χ2v) is 7.89. The average Bonchev–Trinajstić information content (AvgIpc) is 2.84. The van der Waals surface area contributed by atoms with Gasteiger partial charge in [0.15, 0.2) is 6.10 Å². The number of nitrogens with zero attached hydrogens (tertiary/aromatic N) is 1. The molecule has 1 fully saturated rings. The Labute approximate surface area is 166 Å². The molecule has 1 amide bonds. The van der Waals surface area contributed by atoms with Crippen LogP contribution in [-0.2, 0) is 14.4 Å². The van der Waals surface area contributed by atoms with Crippen molar-refractivity contribution >= 4 is 52.2 Å². The molecule has 2 N–H and O–H groups in total. The Morgan fingerprint density at radius 3 is 2.37 bits per heavy atom. The molecule has 0 spiro atoms. The smallest absolute Gasteiger partial charge is 0.344 e. The normalized spacial score (nSPS) is 18.1. The summed E-state index contributed by atoms with van der Waals surface area (Å²) in [6.45, 7) is 4.81. The van der Waals surface area contributed by atoms with Crippen molar-refractivity contribution in [3.63, 3.8) is 0 Å². The van der Waals surface area contributed by atoms with Crippen LogP contribution in [-0.4, -0.2) is 49.4 Å². The number of carboxylic acid groups (broad SMARTS) is 2. The van der Waals surface area contributed by atoms with E-state index in [1.165, 1.54) is 13.0 Å². The van der Waals surface area contributed by atoms with Crippen molar-refractivity contribution < 1.29 is 29.3 Å². The number of carboxylic acids is 2. The van der Waals surface area contributed by atoms with E-state index in [0.29, 0.717) is 11.3 Å². The van der Waals surface area contributed by atoms with Gasteiger partial charge in [0.05, 0.1) is 4.91 Å². The Bertz CT molecular complexity index is 820. The molecule has 0 radical (unpaired) electrons. The van der Waals surface area contributed by atoms with Crippen molar-refractivity contribution in [2.75, 3.05) is 0 Å². The summed E-state index contributed by atoms with van der Waals surface area (Å²) in [5, 5.41) is 18.5. The molecule has 27 heavy (non-hydrogen) atoms. The van der Waals surface area contributed by atoms with Crippen LogP contribution in [0.25, 0.3) is 6.08 Å². The molecule has 1 aliphatic heterocycles. The highest BCUT2D eigenvalue weighted by molar-refractivity contribution is 8.26. The number of hydrogen-bond donors (Lipinski definition) is 2. The van der Waals surface area contributed by atoms with Crippen molar-refractivity contribution in [2.45, 2.75) is 32.9 Å². The minimum Gasteiger partial charge on any atom is -0.480 e. The number of carbonyl (C=O) groups excluding carboxylic acids is 1. The van der Waals surface area contributed by atoms with Gasteiger partial charge in [0.2, 0.25) is 0 Å². The van der Waals surface area contributed by atoms with Crippen LogP contribution < -0.4 is 4.74 Å². The minimum atomic E-state index is -1.12. The SMILES string of the molecule is CC(Oc1ccccc1/C=C1\SC(=S)N(C(C(=O)O)C(C)C)C1=O)C(=O)O. The van der Waals surface area contributed by atoms with E-state index < -0.39 is 30.0 Å². The zero-order chi connectivity index (χ0) is 20.3. The standard InChI is InChI=1S/C18H19NO6S2/c1-9(2)14(17(23)24)19-15(20)13(27-18(19)26)8-11-6-4-5-7-12(11)25-10(3)16(21)22/h4-10,14H,1-3H3,(H,21,22)(H,23,24)/b13-8-. The fourth-order valence-electron chi connectivity index (χ4n) is 2.50.